The number of carbonyl (C=O) groups is 8. The Balaban J connectivity index is -0.000000139. The van der Waals surface area contributed by atoms with Crippen LogP contribution in [0.4, 0.5) is 0 Å². The summed E-state index contributed by atoms with van der Waals surface area (Å²) in [5.41, 5.74) is 0. The maximum Gasteiger partial charge on any atom is 4.00 e. The van der Waals surface area contributed by atoms with Crippen molar-refractivity contribution in [3.8, 4) is 0 Å². The molecule has 13 heteroatoms. The number of hydrogen-bond acceptors (Lipinski definition) is 12. The molecule has 0 heterocycles. The van der Waals surface area contributed by atoms with Crippen molar-refractivity contribution in [1.29, 1.82) is 0 Å². The van der Waals surface area contributed by atoms with Gasteiger partial charge >= 0.3 is 45.6 Å². The summed E-state index contributed by atoms with van der Waals surface area (Å²) in [5, 5.41) is 0. The molecular weight excluding hydrogens is 576 g/mol. The molecule has 12 nitrogen and oxygen atoms in total. The smallest absolute Gasteiger partial charge is 0.461 e. The van der Waals surface area contributed by atoms with Gasteiger partial charge in [0.15, 0.2) is 0 Å². The zero-order valence-corrected chi connectivity index (χ0v) is 25.8. The first kappa shape index (κ1) is 47.0. The van der Waals surface area contributed by atoms with E-state index < -0.39 is 23.9 Å². The predicted molar refractivity (Wildman–Crippen MR) is 146 cm³/mol. The van der Waals surface area contributed by atoms with Crippen LogP contribution >= 0.6 is 0 Å². The second-order valence-corrected chi connectivity index (χ2v) is 7.40. The molecule has 41 heavy (non-hydrogen) atoms. The van der Waals surface area contributed by atoms with E-state index in [2.05, 4.69) is 45.3 Å². The maximum absolute atomic E-state index is 10.5. The summed E-state index contributed by atoms with van der Waals surface area (Å²) in [6.07, 6.45) is 5.25. The van der Waals surface area contributed by atoms with Gasteiger partial charge in [0.25, 0.3) is 0 Å². The summed E-state index contributed by atoms with van der Waals surface area (Å²) in [5.74, 6) is -2.72. The number of ether oxygens (including phenoxy) is 4. The van der Waals surface area contributed by atoms with Gasteiger partial charge in [-0.05, 0) is 27.7 Å². The van der Waals surface area contributed by atoms with Gasteiger partial charge in [0.1, 0.15) is 75.2 Å². The summed E-state index contributed by atoms with van der Waals surface area (Å²) >= 11 is 0. The van der Waals surface area contributed by atoms with Crippen LogP contribution in [-0.2, 0) is 79.0 Å². The van der Waals surface area contributed by atoms with Crippen LogP contribution in [0.1, 0.15) is 53.4 Å². The van der Waals surface area contributed by atoms with Crippen molar-refractivity contribution in [3.05, 3.63) is 50.6 Å². The fourth-order valence-corrected chi connectivity index (χ4v) is 1.62. The third-order valence-electron chi connectivity index (χ3n) is 3.02. The monoisotopic (exact) mass is 616 g/mol. The van der Waals surface area contributed by atoms with E-state index in [4.69, 9.17) is 0 Å². The molecule has 0 saturated heterocycles. The van der Waals surface area contributed by atoms with Gasteiger partial charge in [-0.25, -0.2) is 0 Å². The van der Waals surface area contributed by atoms with E-state index in [1.54, 1.807) is 0 Å². The molecule has 0 radical (unpaired) electrons. The molecule has 0 aromatic carbocycles. The van der Waals surface area contributed by atoms with Crippen molar-refractivity contribution in [2.24, 2.45) is 0 Å². The zero-order valence-electron chi connectivity index (χ0n) is 24.2. The minimum absolute atomic E-state index is 0. The van der Waals surface area contributed by atoms with E-state index in [0.717, 1.165) is 0 Å². The molecule has 0 spiro atoms. The van der Waals surface area contributed by atoms with Crippen LogP contribution in [0.5, 0.6) is 0 Å². The molecule has 0 unspecified atom stereocenters. The van der Waals surface area contributed by atoms with Crippen molar-refractivity contribution >= 4 is 47.0 Å². The number of Topliss-reactive ketones (excluding diaryl/α,β-unsaturated/α-hetero) is 4. The maximum atomic E-state index is 10.5. The number of ketones is 4. The molecule has 0 aromatic heterocycles. The van der Waals surface area contributed by atoms with E-state index in [1.165, 1.54) is 52.0 Å². The predicted octanol–water partition coefficient (Wildman–Crippen LogP) is 2.78. The number of hydrogen-bond donors (Lipinski definition) is 0. The summed E-state index contributed by atoms with van der Waals surface area (Å²) in [6, 6.07) is 0. The Morgan fingerprint density at radius 3 is 0.659 bits per heavy atom. The Kier molecular flexibility index (Phi) is 39.3. The average Bonchev–Trinajstić information content (AvgIpc) is 2.83. The fourth-order valence-electron chi connectivity index (χ4n) is 1.62. The van der Waals surface area contributed by atoms with Gasteiger partial charge in [-0.1, -0.05) is 50.6 Å². The van der Waals surface area contributed by atoms with Crippen LogP contribution < -0.4 is 0 Å². The van der Waals surface area contributed by atoms with E-state index in [1.807, 2.05) is 0 Å². The Hall–Kier alpha value is -3.77. The first-order valence-electron chi connectivity index (χ1n) is 11.7. The minimum atomic E-state index is -0.493. The van der Waals surface area contributed by atoms with Gasteiger partial charge in [0.05, 0.1) is 0 Å². The molecule has 224 valence electrons. The van der Waals surface area contributed by atoms with E-state index in [0.29, 0.717) is 0 Å². The van der Waals surface area contributed by atoms with Gasteiger partial charge in [-0.3, -0.25) is 38.4 Å². The molecule has 0 aromatic rings. The molecule has 0 N–H and O–H groups in total. The van der Waals surface area contributed by atoms with Gasteiger partial charge < -0.3 is 18.9 Å². The molecule has 0 amide bonds. The molecule has 0 rings (SSSR count). The Morgan fingerprint density at radius 2 is 0.561 bits per heavy atom. The first-order chi connectivity index (χ1) is 18.7. The second-order valence-electron chi connectivity index (χ2n) is 7.40. The molecule has 0 aliphatic heterocycles. The van der Waals surface area contributed by atoms with Crippen LogP contribution in [0.25, 0.3) is 0 Å². The third kappa shape index (κ3) is 53.3. The molecular formula is C28H40O12Ti+4. The van der Waals surface area contributed by atoms with Crippen LogP contribution in [0.3, 0.4) is 0 Å². The molecule has 0 saturated carbocycles. The van der Waals surface area contributed by atoms with Gasteiger partial charge in [-0.2, -0.15) is 0 Å². The number of rotatable bonds is 16. The van der Waals surface area contributed by atoms with Crippen molar-refractivity contribution in [2.45, 2.75) is 53.4 Å². The Labute approximate surface area is 256 Å². The zero-order chi connectivity index (χ0) is 31.9. The van der Waals surface area contributed by atoms with Crippen LogP contribution in [0.15, 0.2) is 50.6 Å². The first-order valence-corrected chi connectivity index (χ1v) is 11.7. The largest absolute Gasteiger partial charge is 4.00 e. The van der Waals surface area contributed by atoms with E-state index in [-0.39, 0.29) is 97.0 Å². The van der Waals surface area contributed by atoms with Crippen LogP contribution in [0, 0.1) is 0 Å². The second kappa shape index (κ2) is 34.3. The van der Waals surface area contributed by atoms with Crippen molar-refractivity contribution in [3.63, 3.8) is 0 Å². The average molecular weight is 616 g/mol. The third-order valence-corrected chi connectivity index (χ3v) is 3.02. The molecule has 0 bridgehead atoms. The van der Waals surface area contributed by atoms with Crippen LogP contribution in [0.2, 0.25) is 0 Å². The Morgan fingerprint density at radius 1 is 0.415 bits per heavy atom. The molecule has 0 fully saturated rings. The summed E-state index contributed by atoms with van der Waals surface area (Å²) in [4.78, 5) is 83.2. The number of carbonyl (C=O) groups excluding carboxylic acids is 8. The minimum Gasteiger partial charge on any atom is -0.461 e. The molecule has 0 aliphatic carbocycles. The topological polar surface area (TPSA) is 173 Å². The molecule has 0 aliphatic rings. The van der Waals surface area contributed by atoms with E-state index in [9.17, 15) is 38.4 Å². The normalized spacial score (nSPS) is 8.29. The number of esters is 4. The van der Waals surface area contributed by atoms with E-state index >= 15 is 0 Å². The van der Waals surface area contributed by atoms with Crippen molar-refractivity contribution < 1.29 is 79.0 Å². The summed E-state index contributed by atoms with van der Waals surface area (Å²) < 4.78 is 18.1. The summed E-state index contributed by atoms with van der Waals surface area (Å²) in [6.45, 7) is 19.5. The quantitative estimate of drug-likeness (QED) is 0.0817. The Bertz CT molecular complexity index is 747. The molecule has 0 atom stereocenters. The summed E-state index contributed by atoms with van der Waals surface area (Å²) in [7, 11) is 0. The van der Waals surface area contributed by atoms with Crippen molar-refractivity contribution in [1.82, 2.24) is 0 Å². The SMILES string of the molecule is C=CCOC(=O)CC(C)=O.C=CCOC(=O)CC(C)=O.C=CCOC(=O)CC(C)=O.C=CCOC(=O)CC(C)=O.[Ti+4]. The van der Waals surface area contributed by atoms with Gasteiger partial charge in [-0.15, -0.1) is 0 Å². The fraction of sp³-hybridized carbons (Fsp3) is 0.429. The van der Waals surface area contributed by atoms with Crippen molar-refractivity contribution in [2.75, 3.05) is 26.4 Å². The standard InChI is InChI=1S/4C7H10O3.Ti/c4*1-3-4-10-7(9)5-6(2)8;/h4*3H,1,4-5H2,2H3;/q;;;;+4. The van der Waals surface area contributed by atoms with Gasteiger partial charge in [0, 0.05) is 0 Å². The van der Waals surface area contributed by atoms with Crippen LogP contribution in [-0.4, -0.2) is 73.4 Å². The van der Waals surface area contributed by atoms with Gasteiger partial charge in [0.2, 0.25) is 0 Å².